The molecule has 6 heteroatoms. The number of nitrogens with zero attached hydrogens (tertiary/aromatic N) is 3. The Morgan fingerprint density at radius 1 is 1.25 bits per heavy atom. The van der Waals surface area contributed by atoms with Gasteiger partial charge in [-0.25, -0.2) is 0 Å². The predicted molar refractivity (Wildman–Crippen MR) is 89.5 cm³/mol. The van der Waals surface area contributed by atoms with Gasteiger partial charge in [0, 0.05) is 19.3 Å². The second kappa shape index (κ2) is 7.59. The molecule has 128 valence electrons. The summed E-state index contributed by atoms with van der Waals surface area (Å²) >= 11 is 0. The average molecular weight is 329 g/mol. The highest BCUT2D eigenvalue weighted by atomic mass is 16.3. The lowest BCUT2D eigenvalue weighted by molar-refractivity contribution is 0.0179. The smallest absolute Gasteiger partial charge is 0.257 e. The van der Waals surface area contributed by atoms with Crippen molar-refractivity contribution in [2.24, 2.45) is 5.92 Å². The molecular weight excluding hydrogens is 306 g/mol. The van der Waals surface area contributed by atoms with Gasteiger partial charge in [-0.1, -0.05) is 30.3 Å². The molecule has 1 saturated heterocycles. The molecule has 2 aromatic rings. The number of aromatic nitrogens is 2. The fourth-order valence-electron chi connectivity index (χ4n) is 3.15. The third-order valence-corrected chi connectivity index (χ3v) is 4.63. The largest absolute Gasteiger partial charge is 0.394 e. The minimum atomic E-state index is -0.684. The maximum Gasteiger partial charge on any atom is 0.257 e. The lowest BCUT2D eigenvalue weighted by Gasteiger charge is -2.33. The summed E-state index contributed by atoms with van der Waals surface area (Å²) in [6.45, 7) is 1.62. The van der Waals surface area contributed by atoms with E-state index in [1.54, 1.807) is 22.0 Å². The van der Waals surface area contributed by atoms with Gasteiger partial charge in [0.2, 0.25) is 0 Å². The Morgan fingerprint density at radius 3 is 2.62 bits per heavy atom. The van der Waals surface area contributed by atoms with E-state index < -0.39 is 6.10 Å². The number of hydrogen-bond acceptors (Lipinski definition) is 4. The van der Waals surface area contributed by atoms with Crippen LogP contribution in [0.2, 0.25) is 0 Å². The Bertz CT molecular complexity index is 663. The monoisotopic (exact) mass is 329 g/mol. The molecule has 1 aromatic heterocycles. The van der Waals surface area contributed by atoms with Crippen LogP contribution in [0.1, 0.15) is 28.8 Å². The summed E-state index contributed by atoms with van der Waals surface area (Å²) in [7, 11) is 0. The summed E-state index contributed by atoms with van der Waals surface area (Å²) < 4.78 is 1.77. The molecule has 0 bridgehead atoms. The maximum absolute atomic E-state index is 12.6. The van der Waals surface area contributed by atoms with E-state index in [0.29, 0.717) is 38.0 Å². The fourth-order valence-corrected chi connectivity index (χ4v) is 3.15. The summed E-state index contributed by atoms with van der Waals surface area (Å²) in [6.07, 6.45) is 4.14. The predicted octanol–water partition coefficient (Wildman–Crippen LogP) is 1.14. The number of aliphatic hydroxyl groups excluding tert-OH is 2. The van der Waals surface area contributed by atoms with Crippen LogP contribution in [0.3, 0.4) is 0 Å². The van der Waals surface area contributed by atoms with Crippen LogP contribution in [0, 0.1) is 5.92 Å². The van der Waals surface area contributed by atoms with E-state index in [0.717, 1.165) is 5.56 Å². The van der Waals surface area contributed by atoms with Crippen molar-refractivity contribution in [1.29, 1.82) is 0 Å². The van der Waals surface area contributed by atoms with Crippen molar-refractivity contribution in [3.05, 3.63) is 53.9 Å². The molecule has 1 fully saturated rings. The standard InChI is InChI=1S/C18H23N3O3/c22-13-17(23)15-6-8-20(9-7-15)18(24)16-10-19-21(12-16)11-14-4-2-1-3-5-14/h1-5,10,12,15,17,22-23H,6-9,11,13H2. The Kier molecular flexibility index (Phi) is 5.27. The normalized spacial score (nSPS) is 17.0. The average Bonchev–Trinajstić information content (AvgIpc) is 3.10. The van der Waals surface area contributed by atoms with Gasteiger partial charge in [-0.3, -0.25) is 9.48 Å². The number of benzene rings is 1. The first-order chi connectivity index (χ1) is 11.7. The van der Waals surface area contributed by atoms with Crippen molar-refractivity contribution in [3.8, 4) is 0 Å². The van der Waals surface area contributed by atoms with Gasteiger partial charge in [0.1, 0.15) is 0 Å². The molecule has 2 heterocycles. The van der Waals surface area contributed by atoms with Crippen molar-refractivity contribution >= 4 is 5.91 Å². The topological polar surface area (TPSA) is 78.6 Å². The van der Waals surface area contributed by atoms with E-state index >= 15 is 0 Å². The molecule has 1 aromatic carbocycles. The molecule has 1 aliphatic rings. The number of aliphatic hydroxyl groups is 2. The molecule has 2 N–H and O–H groups in total. The van der Waals surface area contributed by atoms with Crippen LogP contribution in [0.15, 0.2) is 42.7 Å². The number of carbonyl (C=O) groups is 1. The van der Waals surface area contributed by atoms with E-state index in [4.69, 9.17) is 5.11 Å². The molecule has 3 rings (SSSR count). The molecule has 0 spiro atoms. The first-order valence-electron chi connectivity index (χ1n) is 8.32. The molecule has 0 aliphatic carbocycles. The fraction of sp³-hybridized carbons (Fsp3) is 0.444. The molecule has 1 atom stereocenters. The quantitative estimate of drug-likeness (QED) is 0.862. The second-order valence-corrected chi connectivity index (χ2v) is 6.29. The second-order valence-electron chi connectivity index (χ2n) is 6.29. The highest BCUT2D eigenvalue weighted by Crippen LogP contribution is 2.22. The third-order valence-electron chi connectivity index (χ3n) is 4.63. The molecule has 6 nitrogen and oxygen atoms in total. The zero-order valence-electron chi connectivity index (χ0n) is 13.6. The Labute approximate surface area is 141 Å². The SMILES string of the molecule is O=C(c1cnn(Cc2ccccc2)c1)N1CCC(C(O)CO)CC1. The van der Waals surface area contributed by atoms with Crippen molar-refractivity contribution in [2.75, 3.05) is 19.7 Å². The van der Waals surface area contributed by atoms with Gasteiger partial charge in [0.25, 0.3) is 5.91 Å². The molecule has 1 unspecified atom stereocenters. The molecule has 24 heavy (non-hydrogen) atoms. The Balaban J connectivity index is 1.58. The van der Waals surface area contributed by atoms with E-state index in [1.807, 2.05) is 30.3 Å². The number of carbonyl (C=O) groups excluding carboxylic acids is 1. The minimum absolute atomic E-state index is 0.0220. The molecule has 0 radical (unpaired) electrons. The summed E-state index contributed by atoms with van der Waals surface area (Å²) in [5, 5.41) is 23.0. The molecule has 1 aliphatic heterocycles. The van der Waals surface area contributed by atoms with Crippen LogP contribution in [0.5, 0.6) is 0 Å². The van der Waals surface area contributed by atoms with Gasteiger partial charge in [-0.15, -0.1) is 0 Å². The van der Waals surface area contributed by atoms with Crippen molar-refractivity contribution in [1.82, 2.24) is 14.7 Å². The first-order valence-corrected chi connectivity index (χ1v) is 8.32. The lowest BCUT2D eigenvalue weighted by atomic mass is 9.91. The summed E-state index contributed by atoms with van der Waals surface area (Å²) in [5.41, 5.74) is 1.73. The third kappa shape index (κ3) is 3.83. The van der Waals surface area contributed by atoms with E-state index in [1.165, 1.54) is 0 Å². The van der Waals surface area contributed by atoms with Crippen LogP contribution in [-0.4, -0.2) is 56.6 Å². The van der Waals surface area contributed by atoms with E-state index in [9.17, 15) is 9.90 Å². The number of likely N-dealkylation sites (tertiary alicyclic amines) is 1. The number of piperidine rings is 1. The summed E-state index contributed by atoms with van der Waals surface area (Å²) in [6, 6.07) is 9.99. The molecule has 0 saturated carbocycles. The summed E-state index contributed by atoms with van der Waals surface area (Å²) in [5.74, 6) is 0.0473. The van der Waals surface area contributed by atoms with Gasteiger partial charge in [0.15, 0.2) is 0 Å². The number of amides is 1. The molecule has 1 amide bonds. The Morgan fingerprint density at radius 2 is 1.96 bits per heavy atom. The first kappa shape index (κ1) is 16.7. The maximum atomic E-state index is 12.6. The van der Waals surface area contributed by atoms with Gasteiger partial charge in [0.05, 0.1) is 31.0 Å². The van der Waals surface area contributed by atoms with Gasteiger partial charge < -0.3 is 15.1 Å². The zero-order chi connectivity index (χ0) is 16.9. The van der Waals surface area contributed by atoms with Crippen LogP contribution < -0.4 is 0 Å². The van der Waals surface area contributed by atoms with Crippen LogP contribution in [0.25, 0.3) is 0 Å². The highest BCUT2D eigenvalue weighted by Gasteiger charge is 2.28. The van der Waals surface area contributed by atoms with Crippen molar-refractivity contribution < 1.29 is 15.0 Å². The lowest BCUT2D eigenvalue weighted by Crippen LogP contribution is -2.41. The zero-order valence-corrected chi connectivity index (χ0v) is 13.6. The number of rotatable bonds is 5. The van der Waals surface area contributed by atoms with Gasteiger partial charge in [-0.2, -0.15) is 5.10 Å². The van der Waals surface area contributed by atoms with Gasteiger partial charge in [-0.05, 0) is 24.3 Å². The van der Waals surface area contributed by atoms with Crippen molar-refractivity contribution in [2.45, 2.75) is 25.5 Å². The number of hydrogen-bond donors (Lipinski definition) is 2. The van der Waals surface area contributed by atoms with Crippen LogP contribution >= 0.6 is 0 Å². The van der Waals surface area contributed by atoms with E-state index in [-0.39, 0.29) is 18.4 Å². The van der Waals surface area contributed by atoms with Gasteiger partial charge >= 0.3 is 0 Å². The van der Waals surface area contributed by atoms with E-state index in [2.05, 4.69) is 5.10 Å². The Hall–Kier alpha value is -2.18. The summed E-state index contributed by atoms with van der Waals surface area (Å²) in [4.78, 5) is 14.4. The van der Waals surface area contributed by atoms with Crippen LogP contribution in [-0.2, 0) is 6.54 Å². The van der Waals surface area contributed by atoms with Crippen LogP contribution in [0.4, 0.5) is 0 Å². The highest BCUT2D eigenvalue weighted by molar-refractivity contribution is 5.93. The molecular formula is C18H23N3O3. The van der Waals surface area contributed by atoms with Crippen molar-refractivity contribution in [3.63, 3.8) is 0 Å². The minimum Gasteiger partial charge on any atom is -0.394 e.